The average Bonchev–Trinajstić information content (AvgIpc) is 2.90. The molecule has 2 amide bonds. The van der Waals surface area contributed by atoms with Crippen molar-refractivity contribution in [2.24, 2.45) is 5.41 Å². The number of nitrogens with zero attached hydrogens (tertiary/aromatic N) is 3. The van der Waals surface area contributed by atoms with E-state index in [0.717, 1.165) is 40.4 Å². The lowest BCUT2D eigenvalue weighted by Gasteiger charge is -2.43. The van der Waals surface area contributed by atoms with Gasteiger partial charge in [-0.1, -0.05) is 17.7 Å². The number of ether oxygens (including phenoxy) is 1. The standard InChI is InChI=1S/C30H40ClN3O4/c1-21-15-26(16-22(2)28(21)31)38-20-30(18-27(36)33-13-9-25(35)10-14-33)11-6-12-34(19-30)29(37)23-7-5-8-24(17-23)32(3)4/h5,7-8,15-17,25,35H,6,9-14,18-20H2,1-4H3/t30-/m0/s1. The maximum Gasteiger partial charge on any atom is 0.253 e. The summed E-state index contributed by atoms with van der Waals surface area (Å²) in [4.78, 5) is 32.8. The normalized spacial score (nSPS) is 20.4. The number of benzene rings is 2. The van der Waals surface area contributed by atoms with E-state index in [9.17, 15) is 14.7 Å². The number of hydrogen-bond acceptors (Lipinski definition) is 5. The quantitative estimate of drug-likeness (QED) is 0.550. The van der Waals surface area contributed by atoms with E-state index in [4.69, 9.17) is 16.3 Å². The number of carbonyl (C=O) groups excluding carboxylic acids is 2. The number of likely N-dealkylation sites (tertiary alicyclic amines) is 2. The second-order valence-corrected chi connectivity index (χ2v) is 11.6. The van der Waals surface area contributed by atoms with E-state index >= 15 is 0 Å². The Bertz CT molecular complexity index is 1140. The number of aryl methyl sites for hydroxylation is 2. The summed E-state index contributed by atoms with van der Waals surface area (Å²) in [7, 11) is 3.91. The van der Waals surface area contributed by atoms with Crippen LogP contribution < -0.4 is 9.64 Å². The van der Waals surface area contributed by atoms with E-state index in [1.807, 2.05) is 79.0 Å². The summed E-state index contributed by atoms with van der Waals surface area (Å²) < 4.78 is 6.34. The Morgan fingerprint density at radius 2 is 1.76 bits per heavy atom. The second kappa shape index (κ2) is 12.0. The van der Waals surface area contributed by atoms with Crippen molar-refractivity contribution >= 4 is 29.1 Å². The van der Waals surface area contributed by atoms with Crippen molar-refractivity contribution in [1.29, 1.82) is 0 Å². The van der Waals surface area contributed by atoms with Gasteiger partial charge in [0, 0.05) is 68.4 Å². The fourth-order valence-corrected chi connectivity index (χ4v) is 5.68. The van der Waals surface area contributed by atoms with Gasteiger partial charge in [-0.05, 0) is 81.0 Å². The van der Waals surface area contributed by atoms with Crippen LogP contribution >= 0.6 is 11.6 Å². The van der Waals surface area contributed by atoms with Gasteiger partial charge in [0.2, 0.25) is 5.91 Å². The molecule has 2 aliphatic heterocycles. The molecule has 206 valence electrons. The Kier molecular flexibility index (Phi) is 8.89. The van der Waals surface area contributed by atoms with E-state index in [0.29, 0.717) is 57.6 Å². The molecule has 2 saturated heterocycles. The van der Waals surface area contributed by atoms with Crippen LogP contribution in [0.3, 0.4) is 0 Å². The van der Waals surface area contributed by atoms with Gasteiger partial charge in [0.05, 0.1) is 12.7 Å². The molecule has 0 radical (unpaired) electrons. The Labute approximate surface area is 231 Å². The first-order valence-electron chi connectivity index (χ1n) is 13.5. The number of halogens is 1. The van der Waals surface area contributed by atoms with Gasteiger partial charge < -0.3 is 24.5 Å². The molecule has 2 aliphatic rings. The van der Waals surface area contributed by atoms with Crippen LogP contribution in [0.1, 0.15) is 53.6 Å². The fourth-order valence-electron chi connectivity index (χ4n) is 5.57. The van der Waals surface area contributed by atoms with E-state index in [1.165, 1.54) is 0 Å². The molecule has 0 spiro atoms. The van der Waals surface area contributed by atoms with E-state index in [2.05, 4.69) is 0 Å². The van der Waals surface area contributed by atoms with Gasteiger partial charge in [-0.15, -0.1) is 0 Å². The molecular weight excluding hydrogens is 502 g/mol. The monoisotopic (exact) mass is 541 g/mol. The van der Waals surface area contributed by atoms with Gasteiger partial charge in [0.1, 0.15) is 5.75 Å². The minimum Gasteiger partial charge on any atom is -0.493 e. The smallest absolute Gasteiger partial charge is 0.253 e. The zero-order chi connectivity index (χ0) is 27.4. The Balaban J connectivity index is 1.56. The summed E-state index contributed by atoms with van der Waals surface area (Å²) in [5, 5.41) is 10.6. The first-order chi connectivity index (χ1) is 18.1. The van der Waals surface area contributed by atoms with Crippen molar-refractivity contribution in [3.05, 3.63) is 58.1 Å². The molecule has 0 saturated carbocycles. The number of rotatable bonds is 7. The van der Waals surface area contributed by atoms with Gasteiger partial charge in [-0.25, -0.2) is 0 Å². The Morgan fingerprint density at radius 1 is 1.08 bits per heavy atom. The topological polar surface area (TPSA) is 73.3 Å². The molecule has 2 fully saturated rings. The minimum atomic E-state index is -0.512. The number of anilines is 1. The fraction of sp³-hybridized carbons (Fsp3) is 0.533. The third kappa shape index (κ3) is 6.62. The third-order valence-corrected chi connectivity index (χ3v) is 8.45. The highest BCUT2D eigenvalue weighted by atomic mass is 35.5. The van der Waals surface area contributed by atoms with Gasteiger partial charge in [-0.3, -0.25) is 9.59 Å². The highest BCUT2D eigenvalue weighted by molar-refractivity contribution is 6.32. The molecule has 38 heavy (non-hydrogen) atoms. The maximum absolute atomic E-state index is 13.6. The van der Waals surface area contributed by atoms with Crippen molar-refractivity contribution < 1.29 is 19.4 Å². The van der Waals surface area contributed by atoms with E-state index in [1.54, 1.807) is 0 Å². The summed E-state index contributed by atoms with van der Waals surface area (Å²) in [6.07, 6.45) is 2.76. The molecule has 8 heteroatoms. The van der Waals surface area contributed by atoms with Crippen LogP contribution in [0.5, 0.6) is 5.75 Å². The van der Waals surface area contributed by atoms with Crippen LogP contribution in [0.4, 0.5) is 5.69 Å². The lowest BCUT2D eigenvalue weighted by Crippen LogP contribution is -2.51. The van der Waals surface area contributed by atoms with Crippen LogP contribution in [0.15, 0.2) is 36.4 Å². The van der Waals surface area contributed by atoms with Gasteiger partial charge in [0.25, 0.3) is 5.91 Å². The molecule has 1 N–H and O–H groups in total. The van der Waals surface area contributed by atoms with Crippen LogP contribution in [-0.2, 0) is 4.79 Å². The Morgan fingerprint density at radius 3 is 2.42 bits per heavy atom. The summed E-state index contributed by atoms with van der Waals surface area (Å²) >= 11 is 6.36. The van der Waals surface area contributed by atoms with Crippen molar-refractivity contribution in [3.63, 3.8) is 0 Å². The molecule has 7 nitrogen and oxygen atoms in total. The van der Waals surface area contributed by atoms with Crippen LogP contribution in [-0.4, -0.2) is 79.7 Å². The molecule has 0 bridgehead atoms. The number of piperidine rings is 2. The zero-order valence-electron chi connectivity index (χ0n) is 23.0. The first-order valence-corrected chi connectivity index (χ1v) is 13.9. The van der Waals surface area contributed by atoms with E-state index < -0.39 is 5.41 Å². The minimum absolute atomic E-state index is 0.0236. The molecule has 0 unspecified atom stereocenters. The molecule has 1 atom stereocenters. The largest absolute Gasteiger partial charge is 0.493 e. The lowest BCUT2D eigenvalue weighted by atomic mass is 9.77. The second-order valence-electron chi connectivity index (χ2n) is 11.2. The predicted molar refractivity (Wildman–Crippen MR) is 151 cm³/mol. The number of carbonyl (C=O) groups is 2. The number of hydrogen-bond donors (Lipinski definition) is 1. The van der Waals surface area contributed by atoms with Crippen molar-refractivity contribution in [2.75, 3.05) is 51.8 Å². The summed E-state index contributed by atoms with van der Waals surface area (Å²) in [6, 6.07) is 11.5. The Hall–Kier alpha value is -2.77. The number of aliphatic hydroxyl groups excluding tert-OH is 1. The highest BCUT2D eigenvalue weighted by Gasteiger charge is 2.41. The van der Waals surface area contributed by atoms with Crippen molar-refractivity contribution in [3.8, 4) is 5.75 Å². The molecular formula is C30H40ClN3O4. The van der Waals surface area contributed by atoms with Crippen molar-refractivity contribution in [1.82, 2.24) is 9.80 Å². The zero-order valence-corrected chi connectivity index (χ0v) is 23.8. The first kappa shape index (κ1) is 28.2. The van der Waals surface area contributed by atoms with Gasteiger partial charge in [-0.2, -0.15) is 0 Å². The molecule has 2 aromatic carbocycles. The van der Waals surface area contributed by atoms with Gasteiger partial charge in [0.15, 0.2) is 0 Å². The van der Waals surface area contributed by atoms with Crippen LogP contribution in [0.2, 0.25) is 5.02 Å². The van der Waals surface area contributed by atoms with Gasteiger partial charge >= 0.3 is 0 Å². The molecule has 0 aliphatic carbocycles. The number of aliphatic hydroxyl groups is 1. The van der Waals surface area contributed by atoms with Crippen LogP contribution in [0, 0.1) is 19.3 Å². The summed E-state index contributed by atoms with van der Waals surface area (Å²) in [6.45, 7) is 6.46. The predicted octanol–water partition coefficient (Wildman–Crippen LogP) is 4.70. The van der Waals surface area contributed by atoms with E-state index in [-0.39, 0.29) is 17.9 Å². The SMILES string of the molecule is Cc1cc(OC[C@]2(CC(=O)N3CCC(O)CC3)CCCN(C(=O)c3cccc(N(C)C)c3)C2)cc(C)c1Cl. The molecule has 2 heterocycles. The maximum atomic E-state index is 13.6. The highest BCUT2D eigenvalue weighted by Crippen LogP contribution is 2.37. The van der Waals surface area contributed by atoms with Crippen LogP contribution in [0.25, 0.3) is 0 Å². The third-order valence-electron chi connectivity index (χ3n) is 7.86. The molecule has 4 rings (SSSR count). The summed E-state index contributed by atoms with van der Waals surface area (Å²) in [5.74, 6) is 0.761. The lowest BCUT2D eigenvalue weighted by molar-refractivity contribution is -0.137. The molecule has 0 aromatic heterocycles. The van der Waals surface area contributed by atoms with Crippen molar-refractivity contribution in [2.45, 2.75) is 52.1 Å². The molecule has 2 aromatic rings. The number of amides is 2. The summed E-state index contributed by atoms with van der Waals surface area (Å²) in [5.41, 5.74) is 2.99. The average molecular weight is 542 g/mol.